The number of hydrogen-bond donors (Lipinski definition) is 2. The van der Waals surface area contributed by atoms with E-state index in [1.165, 1.54) is 11.3 Å². The van der Waals surface area contributed by atoms with Gasteiger partial charge in [0, 0.05) is 30.4 Å². The first-order valence-corrected chi connectivity index (χ1v) is 8.75. The Bertz CT molecular complexity index is 893. The van der Waals surface area contributed by atoms with Crippen molar-refractivity contribution in [1.82, 2.24) is 14.9 Å². The molecule has 5 heteroatoms. The average molecular weight is 334 g/mol. The molecule has 1 aliphatic rings. The maximum Gasteiger partial charge on any atom is 0.253 e. The highest BCUT2D eigenvalue weighted by molar-refractivity contribution is 5.97. The minimum Gasteiger partial charge on any atom is -0.382 e. The molecular formula is C20H22N4O. The molecule has 1 aliphatic heterocycles. The predicted molar refractivity (Wildman–Crippen MR) is 99.8 cm³/mol. The molecule has 128 valence electrons. The van der Waals surface area contributed by atoms with Crippen molar-refractivity contribution in [3.05, 3.63) is 59.9 Å². The van der Waals surface area contributed by atoms with E-state index in [0.717, 1.165) is 42.5 Å². The van der Waals surface area contributed by atoms with Gasteiger partial charge in [0.1, 0.15) is 0 Å². The molecule has 2 aromatic carbocycles. The predicted octanol–water partition coefficient (Wildman–Crippen LogP) is 3.59. The number of aromatic nitrogens is 2. The molecule has 0 bridgehead atoms. The Labute approximate surface area is 147 Å². The summed E-state index contributed by atoms with van der Waals surface area (Å²) in [6, 6.07) is 14.4. The number of aromatic amines is 1. The van der Waals surface area contributed by atoms with Crippen LogP contribution in [0, 0.1) is 6.92 Å². The largest absolute Gasteiger partial charge is 0.382 e. The van der Waals surface area contributed by atoms with E-state index in [2.05, 4.69) is 46.5 Å². The van der Waals surface area contributed by atoms with Crippen LogP contribution in [0.4, 0.5) is 5.69 Å². The van der Waals surface area contributed by atoms with Crippen molar-refractivity contribution >= 4 is 22.6 Å². The van der Waals surface area contributed by atoms with E-state index in [9.17, 15) is 4.79 Å². The van der Waals surface area contributed by atoms with Crippen LogP contribution in [-0.2, 0) is 0 Å². The van der Waals surface area contributed by atoms with Gasteiger partial charge in [-0.1, -0.05) is 18.2 Å². The molecule has 1 saturated heterocycles. The zero-order valence-corrected chi connectivity index (χ0v) is 14.3. The molecule has 1 aromatic heterocycles. The molecule has 0 radical (unpaired) electrons. The Morgan fingerprint density at radius 1 is 1.20 bits per heavy atom. The van der Waals surface area contributed by atoms with Crippen molar-refractivity contribution in [3.63, 3.8) is 0 Å². The zero-order chi connectivity index (χ0) is 17.2. The van der Waals surface area contributed by atoms with E-state index in [-0.39, 0.29) is 5.91 Å². The van der Waals surface area contributed by atoms with Gasteiger partial charge in [-0.2, -0.15) is 0 Å². The number of likely N-dealkylation sites (tertiary alicyclic amines) is 1. The van der Waals surface area contributed by atoms with Crippen LogP contribution in [-0.4, -0.2) is 39.9 Å². The van der Waals surface area contributed by atoms with Gasteiger partial charge in [-0.15, -0.1) is 0 Å². The fraction of sp³-hybridized carbons (Fsp3) is 0.300. The van der Waals surface area contributed by atoms with Gasteiger partial charge in [-0.05, 0) is 49.6 Å². The summed E-state index contributed by atoms with van der Waals surface area (Å²) in [5.74, 6) is 0.103. The van der Waals surface area contributed by atoms with Gasteiger partial charge in [0.15, 0.2) is 0 Å². The molecule has 0 atom stereocenters. The van der Waals surface area contributed by atoms with Gasteiger partial charge >= 0.3 is 0 Å². The average Bonchev–Trinajstić information content (AvgIpc) is 3.11. The molecule has 4 rings (SSSR count). The molecule has 0 saturated carbocycles. The number of carbonyl (C=O) groups excluding carboxylic acids is 1. The number of H-pyrrole nitrogens is 1. The van der Waals surface area contributed by atoms with E-state index in [0.29, 0.717) is 6.04 Å². The Morgan fingerprint density at radius 2 is 2.00 bits per heavy atom. The highest BCUT2D eigenvalue weighted by Crippen LogP contribution is 2.21. The monoisotopic (exact) mass is 334 g/mol. The summed E-state index contributed by atoms with van der Waals surface area (Å²) < 4.78 is 0. The highest BCUT2D eigenvalue weighted by Gasteiger charge is 2.24. The fourth-order valence-corrected chi connectivity index (χ4v) is 3.43. The third-order valence-electron chi connectivity index (χ3n) is 4.95. The Kier molecular flexibility index (Phi) is 4.14. The number of para-hydroxylation sites is 1. The first kappa shape index (κ1) is 15.7. The van der Waals surface area contributed by atoms with Crippen molar-refractivity contribution in [2.45, 2.75) is 25.8 Å². The van der Waals surface area contributed by atoms with Gasteiger partial charge in [-0.3, -0.25) is 4.79 Å². The highest BCUT2D eigenvalue weighted by atomic mass is 16.2. The Hall–Kier alpha value is -2.82. The van der Waals surface area contributed by atoms with E-state index in [4.69, 9.17) is 0 Å². The lowest BCUT2D eigenvalue weighted by Gasteiger charge is -2.33. The third-order valence-corrected chi connectivity index (χ3v) is 4.95. The standard InChI is InChI=1S/C20H22N4O/c1-14-4-2-3-5-17(14)23-16-8-10-24(11-9-16)20(25)15-6-7-18-19(12-15)22-13-21-18/h2-7,12-13,16,23H,8-11H2,1H3,(H,21,22). The van der Waals surface area contributed by atoms with Crippen molar-refractivity contribution in [2.75, 3.05) is 18.4 Å². The molecule has 5 nitrogen and oxygen atoms in total. The van der Waals surface area contributed by atoms with Crippen molar-refractivity contribution < 1.29 is 4.79 Å². The number of anilines is 1. The smallest absolute Gasteiger partial charge is 0.253 e. The molecule has 0 unspecified atom stereocenters. The van der Waals surface area contributed by atoms with Crippen molar-refractivity contribution in [1.29, 1.82) is 0 Å². The van der Waals surface area contributed by atoms with Gasteiger partial charge < -0.3 is 15.2 Å². The second kappa shape index (κ2) is 6.59. The molecular weight excluding hydrogens is 312 g/mol. The number of nitrogens with one attached hydrogen (secondary N) is 2. The number of aryl methyl sites for hydroxylation is 1. The summed E-state index contributed by atoms with van der Waals surface area (Å²) in [7, 11) is 0. The summed E-state index contributed by atoms with van der Waals surface area (Å²) in [6.07, 6.45) is 3.58. The molecule has 3 aromatic rings. The molecule has 0 spiro atoms. The first-order valence-electron chi connectivity index (χ1n) is 8.75. The van der Waals surface area contributed by atoms with Crippen LogP contribution in [0.25, 0.3) is 11.0 Å². The second-order valence-electron chi connectivity index (χ2n) is 6.66. The maximum atomic E-state index is 12.8. The number of hydrogen-bond acceptors (Lipinski definition) is 3. The molecule has 25 heavy (non-hydrogen) atoms. The molecule has 2 N–H and O–H groups in total. The number of carbonyl (C=O) groups is 1. The van der Waals surface area contributed by atoms with Gasteiger partial charge in [-0.25, -0.2) is 4.98 Å². The quantitative estimate of drug-likeness (QED) is 0.769. The van der Waals surface area contributed by atoms with Gasteiger partial charge in [0.2, 0.25) is 0 Å². The van der Waals surface area contributed by atoms with Crippen LogP contribution in [0.1, 0.15) is 28.8 Å². The summed E-state index contributed by atoms with van der Waals surface area (Å²) in [5.41, 5.74) is 4.97. The van der Waals surface area contributed by atoms with E-state index in [1.54, 1.807) is 6.33 Å². The van der Waals surface area contributed by atoms with Crippen LogP contribution in [0.5, 0.6) is 0 Å². The number of nitrogens with zero attached hydrogens (tertiary/aromatic N) is 2. The van der Waals surface area contributed by atoms with Crippen LogP contribution >= 0.6 is 0 Å². The summed E-state index contributed by atoms with van der Waals surface area (Å²) in [4.78, 5) is 22.0. The summed E-state index contributed by atoms with van der Waals surface area (Å²) in [6.45, 7) is 3.68. The number of benzene rings is 2. The van der Waals surface area contributed by atoms with Gasteiger partial charge in [0.25, 0.3) is 5.91 Å². The molecule has 2 heterocycles. The maximum absolute atomic E-state index is 12.8. The number of amides is 1. The SMILES string of the molecule is Cc1ccccc1NC1CCN(C(=O)c2ccc3nc[nH]c3c2)CC1. The Morgan fingerprint density at radius 3 is 2.80 bits per heavy atom. The minimum atomic E-state index is 0.103. The van der Waals surface area contributed by atoms with Crippen molar-refractivity contribution in [2.24, 2.45) is 0 Å². The topological polar surface area (TPSA) is 61.0 Å². The van der Waals surface area contributed by atoms with E-state index < -0.39 is 0 Å². The lowest BCUT2D eigenvalue weighted by Crippen LogP contribution is -2.42. The number of piperidine rings is 1. The zero-order valence-electron chi connectivity index (χ0n) is 14.3. The summed E-state index contributed by atoms with van der Waals surface area (Å²) >= 11 is 0. The van der Waals surface area contributed by atoms with Crippen LogP contribution in [0.15, 0.2) is 48.8 Å². The molecule has 1 fully saturated rings. The summed E-state index contributed by atoms with van der Waals surface area (Å²) in [5, 5.41) is 3.62. The van der Waals surface area contributed by atoms with Crippen LogP contribution in [0.2, 0.25) is 0 Å². The lowest BCUT2D eigenvalue weighted by molar-refractivity contribution is 0.0718. The fourth-order valence-electron chi connectivity index (χ4n) is 3.43. The normalized spacial score (nSPS) is 15.5. The van der Waals surface area contributed by atoms with Gasteiger partial charge in [0.05, 0.1) is 17.4 Å². The second-order valence-corrected chi connectivity index (χ2v) is 6.66. The van der Waals surface area contributed by atoms with E-state index >= 15 is 0 Å². The minimum absolute atomic E-state index is 0.103. The molecule has 0 aliphatic carbocycles. The van der Waals surface area contributed by atoms with Crippen LogP contribution in [0.3, 0.4) is 0 Å². The number of imidazole rings is 1. The van der Waals surface area contributed by atoms with Crippen molar-refractivity contribution in [3.8, 4) is 0 Å². The van der Waals surface area contributed by atoms with E-state index in [1.807, 2.05) is 23.1 Å². The lowest BCUT2D eigenvalue weighted by atomic mass is 10.0. The molecule has 1 amide bonds. The van der Waals surface area contributed by atoms with Crippen LogP contribution < -0.4 is 5.32 Å². The Balaban J connectivity index is 1.39. The first-order chi connectivity index (χ1) is 12.2. The third kappa shape index (κ3) is 3.22. The number of fused-ring (bicyclic) bond motifs is 1. The number of rotatable bonds is 3.